The van der Waals surface area contributed by atoms with Crippen LogP contribution in [-0.2, 0) is 20.9 Å². The molecule has 1 aromatic heterocycles. The molecule has 0 radical (unpaired) electrons. The second-order valence-corrected chi connectivity index (χ2v) is 11.7. The molecule has 0 unspecified atom stereocenters. The number of rotatable bonds is 7. The van der Waals surface area contributed by atoms with Gasteiger partial charge in [-0.3, -0.25) is 9.36 Å². The van der Waals surface area contributed by atoms with Crippen molar-refractivity contribution in [3.63, 3.8) is 0 Å². The number of fused-ring (bicyclic) bond motifs is 2. The number of nitrogens with zero attached hydrogens (tertiary/aromatic N) is 2. The van der Waals surface area contributed by atoms with Crippen LogP contribution in [0.3, 0.4) is 0 Å². The normalized spacial score (nSPS) is 19.7. The SMILES string of the molecule is CCOC(=O)C1=C(C)N=c2sc(=C[C@@H]3C=CC(OCc4ccccc4)=C(Br)C3)c(=O)n2[C@H]1c1ccc2c(c1)OCO2. The third-order valence-corrected chi connectivity index (χ3v) is 8.72. The van der Waals surface area contributed by atoms with Crippen LogP contribution in [0.2, 0.25) is 0 Å². The van der Waals surface area contributed by atoms with E-state index in [1.165, 1.54) is 11.3 Å². The van der Waals surface area contributed by atoms with E-state index in [4.69, 9.17) is 18.9 Å². The Balaban J connectivity index is 1.34. The molecule has 3 aromatic rings. The van der Waals surface area contributed by atoms with Crippen molar-refractivity contribution in [2.45, 2.75) is 32.9 Å². The summed E-state index contributed by atoms with van der Waals surface area (Å²) in [6.07, 6.45) is 6.58. The van der Waals surface area contributed by atoms with E-state index in [2.05, 4.69) is 20.9 Å². The molecule has 0 amide bonds. The molecule has 210 valence electrons. The maximum Gasteiger partial charge on any atom is 0.338 e. The minimum atomic E-state index is -0.714. The first kappa shape index (κ1) is 27.3. The predicted octanol–water partition coefficient (Wildman–Crippen LogP) is 4.88. The zero-order valence-corrected chi connectivity index (χ0v) is 24.9. The van der Waals surface area contributed by atoms with Gasteiger partial charge in [0.2, 0.25) is 6.79 Å². The highest BCUT2D eigenvalue weighted by molar-refractivity contribution is 9.11. The summed E-state index contributed by atoms with van der Waals surface area (Å²) in [4.78, 5) is 32.2. The van der Waals surface area contributed by atoms with E-state index in [0.717, 1.165) is 15.8 Å². The first-order chi connectivity index (χ1) is 19.9. The number of benzene rings is 2. The molecule has 6 rings (SSSR count). The largest absolute Gasteiger partial charge is 0.488 e. The zero-order valence-electron chi connectivity index (χ0n) is 22.5. The topological polar surface area (TPSA) is 88.4 Å². The molecule has 10 heteroatoms. The Labute approximate surface area is 248 Å². The third kappa shape index (κ3) is 5.41. The van der Waals surface area contributed by atoms with Crippen molar-refractivity contribution in [1.82, 2.24) is 4.57 Å². The Bertz CT molecular complexity index is 1790. The van der Waals surface area contributed by atoms with Crippen molar-refractivity contribution in [2.24, 2.45) is 10.9 Å². The quantitative estimate of drug-likeness (QED) is 0.344. The van der Waals surface area contributed by atoms with Crippen LogP contribution in [0.1, 0.15) is 37.4 Å². The molecule has 0 spiro atoms. The van der Waals surface area contributed by atoms with Gasteiger partial charge in [0.1, 0.15) is 12.4 Å². The number of ether oxygens (including phenoxy) is 4. The molecule has 3 aliphatic rings. The fourth-order valence-electron chi connectivity index (χ4n) is 5.05. The molecular formula is C31H27BrN2O6S. The van der Waals surface area contributed by atoms with Crippen LogP contribution >= 0.6 is 27.3 Å². The van der Waals surface area contributed by atoms with E-state index in [9.17, 15) is 9.59 Å². The van der Waals surface area contributed by atoms with Gasteiger partial charge in [-0.15, -0.1) is 0 Å². The molecule has 8 nitrogen and oxygen atoms in total. The van der Waals surface area contributed by atoms with Gasteiger partial charge >= 0.3 is 5.97 Å². The Hall–Kier alpha value is -3.89. The number of carbonyl (C=O) groups is 1. The van der Waals surface area contributed by atoms with E-state index in [1.807, 2.05) is 60.7 Å². The molecule has 0 fully saturated rings. The fraction of sp³-hybridized carbons (Fsp3) is 0.258. The lowest BCUT2D eigenvalue weighted by Gasteiger charge is -2.24. The van der Waals surface area contributed by atoms with E-state index in [0.29, 0.717) is 50.7 Å². The Kier molecular flexibility index (Phi) is 7.68. The van der Waals surface area contributed by atoms with Crippen molar-refractivity contribution in [3.8, 4) is 11.5 Å². The van der Waals surface area contributed by atoms with Crippen molar-refractivity contribution in [3.05, 3.63) is 113 Å². The van der Waals surface area contributed by atoms with Crippen molar-refractivity contribution < 1.29 is 23.7 Å². The van der Waals surface area contributed by atoms with E-state index < -0.39 is 12.0 Å². The first-order valence-electron chi connectivity index (χ1n) is 13.3. The highest BCUT2D eigenvalue weighted by atomic mass is 79.9. The van der Waals surface area contributed by atoms with Crippen LogP contribution in [0.4, 0.5) is 0 Å². The van der Waals surface area contributed by atoms with Crippen molar-refractivity contribution in [1.29, 1.82) is 0 Å². The molecule has 2 atom stereocenters. The summed E-state index contributed by atoms with van der Waals surface area (Å²) in [6, 6.07) is 14.7. The summed E-state index contributed by atoms with van der Waals surface area (Å²) in [5.74, 6) is 1.44. The highest BCUT2D eigenvalue weighted by Gasteiger charge is 2.34. The summed E-state index contributed by atoms with van der Waals surface area (Å²) in [5, 5.41) is 0. The third-order valence-electron chi connectivity index (χ3n) is 7.01. The highest BCUT2D eigenvalue weighted by Crippen LogP contribution is 2.38. The molecule has 2 aliphatic heterocycles. The first-order valence-corrected chi connectivity index (χ1v) is 14.9. The molecule has 0 saturated carbocycles. The van der Waals surface area contributed by atoms with Gasteiger partial charge < -0.3 is 18.9 Å². The Morgan fingerprint density at radius 1 is 1.20 bits per heavy atom. The monoisotopic (exact) mass is 634 g/mol. The lowest BCUT2D eigenvalue weighted by atomic mass is 9.95. The van der Waals surface area contributed by atoms with Gasteiger partial charge in [-0.25, -0.2) is 9.79 Å². The van der Waals surface area contributed by atoms with Crippen LogP contribution in [0, 0.1) is 5.92 Å². The van der Waals surface area contributed by atoms with Crippen LogP contribution < -0.4 is 24.4 Å². The number of esters is 1. The summed E-state index contributed by atoms with van der Waals surface area (Å²) in [5.41, 5.74) is 2.43. The summed E-state index contributed by atoms with van der Waals surface area (Å²) in [7, 11) is 0. The maximum absolute atomic E-state index is 13.9. The van der Waals surface area contributed by atoms with Gasteiger partial charge in [0, 0.05) is 10.4 Å². The van der Waals surface area contributed by atoms with E-state index in [-0.39, 0.29) is 24.9 Å². The average molecular weight is 636 g/mol. The number of halogens is 1. The van der Waals surface area contributed by atoms with E-state index >= 15 is 0 Å². The standard InChI is InChI=1S/C31H27BrN2O6S/c1-3-37-30(36)27-18(2)33-31-34(28(27)21-10-12-24-25(15-21)40-17-39-24)29(35)26(41-31)14-20-9-11-23(22(32)13-20)38-16-19-7-5-4-6-8-19/h4-12,14-15,20,28H,3,13,16-17H2,1-2H3/t20-,28+/m1/s1. The van der Waals surface area contributed by atoms with Crippen molar-refractivity contribution in [2.75, 3.05) is 13.4 Å². The summed E-state index contributed by atoms with van der Waals surface area (Å²) in [6.45, 7) is 4.33. The number of thiazole rings is 1. The van der Waals surface area contributed by atoms with Crippen LogP contribution in [0.15, 0.2) is 92.0 Å². The van der Waals surface area contributed by atoms with Crippen LogP contribution in [0.25, 0.3) is 6.08 Å². The van der Waals surface area contributed by atoms with Gasteiger partial charge in [0.15, 0.2) is 16.3 Å². The lowest BCUT2D eigenvalue weighted by Crippen LogP contribution is -2.40. The predicted molar refractivity (Wildman–Crippen MR) is 158 cm³/mol. The van der Waals surface area contributed by atoms with Crippen molar-refractivity contribution >= 4 is 39.3 Å². The molecule has 0 saturated heterocycles. The average Bonchev–Trinajstić information content (AvgIpc) is 3.56. The smallest absolute Gasteiger partial charge is 0.338 e. The number of carbonyl (C=O) groups excluding carboxylic acids is 1. The van der Waals surface area contributed by atoms with Gasteiger partial charge in [-0.1, -0.05) is 75.8 Å². The molecular weight excluding hydrogens is 608 g/mol. The van der Waals surface area contributed by atoms with Gasteiger partial charge in [-0.2, -0.15) is 0 Å². The fourth-order valence-corrected chi connectivity index (χ4v) is 6.77. The molecule has 41 heavy (non-hydrogen) atoms. The molecule has 0 bridgehead atoms. The number of allylic oxidation sites excluding steroid dienone is 4. The lowest BCUT2D eigenvalue weighted by molar-refractivity contribution is -0.139. The van der Waals surface area contributed by atoms with Gasteiger partial charge in [-0.05, 0) is 49.6 Å². The second kappa shape index (κ2) is 11.5. The number of hydrogen-bond acceptors (Lipinski definition) is 8. The summed E-state index contributed by atoms with van der Waals surface area (Å²) >= 11 is 4.98. The zero-order chi connectivity index (χ0) is 28.5. The molecule has 0 N–H and O–H groups in total. The molecule has 1 aliphatic carbocycles. The van der Waals surface area contributed by atoms with E-state index in [1.54, 1.807) is 24.5 Å². The van der Waals surface area contributed by atoms with Gasteiger partial charge in [0.05, 0.1) is 28.5 Å². The number of hydrogen-bond donors (Lipinski definition) is 0. The second-order valence-electron chi connectivity index (χ2n) is 9.71. The molecule has 3 heterocycles. The number of aromatic nitrogens is 1. The molecule has 2 aromatic carbocycles. The Morgan fingerprint density at radius 3 is 2.78 bits per heavy atom. The minimum Gasteiger partial charge on any atom is -0.488 e. The minimum absolute atomic E-state index is 0.0237. The van der Waals surface area contributed by atoms with Gasteiger partial charge in [0.25, 0.3) is 5.56 Å². The van der Waals surface area contributed by atoms with Crippen LogP contribution in [0.5, 0.6) is 11.5 Å². The summed E-state index contributed by atoms with van der Waals surface area (Å²) < 4.78 is 25.5. The van der Waals surface area contributed by atoms with Crippen LogP contribution in [-0.4, -0.2) is 23.9 Å². The Morgan fingerprint density at radius 2 is 2.00 bits per heavy atom. The maximum atomic E-state index is 13.9.